The average Bonchev–Trinajstić information content (AvgIpc) is 3.27. The maximum absolute atomic E-state index is 13.2. The minimum Gasteiger partial charge on any atom is -0.462 e. The molecule has 4 rings (SSSR count). The van der Waals surface area contributed by atoms with E-state index in [1.807, 2.05) is 27.8 Å². The zero-order chi connectivity index (χ0) is 25.5. The van der Waals surface area contributed by atoms with Gasteiger partial charge in [0, 0.05) is 23.2 Å². The number of aryl methyl sites for hydroxylation is 1. The maximum Gasteiger partial charge on any atom is 0.341 e. The Hall–Kier alpha value is -2.85. The Labute approximate surface area is 209 Å². The lowest BCUT2D eigenvalue weighted by molar-refractivity contribution is 0.0526. The first-order valence-corrected chi connectivity index (χ1v) is 14.1. The predicted octanol–water partition coefficient (Wildman–Crippen LogP) is 4.53. The van der Waals surface area contributed by atoms with Gasteiger partial charge in [-0.1, -0.05) is 13.8 Å². The van der Waals surface area contributed by atoms with Gasteiger partial charge in [-0.3, -0.25) is 14.2 Å². The van der Waals surface area contributed by atoms with Gasteiger partial charge in [0.05, 0.1) is 22.8 Å². The minimum absolute atomic E-state index is 0.0468. The number of nitrogens with one attached hydrogen (secondary N) is 1. The lowest BCUT2D eigenvalue weighted by atomic mass is 9.95. The van der Waals surface area contributed by atoms with Crippen molar-refractivity contribution in [2.24, 2.45) is 7.05 Å². The highest BCUT2D eigenvalue weighted by Crippen LogP contribution is 2.39. The molecule has 1 N–H and O–H groups in total. The molecule has 0 spiro atoms. The Morgan fingerprint density at radius 1 is 1.17 bits per heavy atom. The van der Waals surface area contributed by atoms with Crippen LogP contribution in [0, 0.1) is 6.92 Å². The average molecular weight is 518 g/mol. The normalized spacial score (nSPS) is 13.7. The molecule has 2 heterocycles. The molecule has 1 aliphatic rings. The number of ether oxygens (including phenoxy) is 1. The van der Waals surface area contributed by atoms with Gasteiger partial charge in [-0.15, -0.1) is 11.3 Å². The summed E-state index contributed by atoms with van der Waals surface area (Å²) in [5.41, 5.74) is 3.30. The van der Waals surface area contributed by atoms with Gasteiger partial charge in [0.1, 0.15) is 5.00 Å². The number of aromatic nitrogens is 2. The molecule has 0 aliphatic heterocycles. The van der Waals surface area contributed by atoms with E-state index in [2.05, 4.69) is 4.72 Å². The summed E-state index contributed by atoms with van der Waals surface area (Å²) in [5.74, 6) is -0.427. The van der Waals surface area contributed by atoms with E-state index in [1.165, 1.54) is 23.5 Å². The first kappa shape index (κ1) is 25.2. The highest BCUT2D eigenvalue weighted by molar-refractivity contribution is 7.93. The molecule has 1 aliphatic carbocycles. The topological polar surface area (TPSA) is 99.4 Å². The molecule has 0 unspecified atom stereocenters. The number of esters is 1. The van der Waals surface area contributed by atoms with Crippen LogP contribution in [-0.2, 0) is 34.6 Å². The molecule has 0 radical (unpaired) electrons. The van der Waals surface area contributed by atoms with Crippen LogP contribution in [0.4, 0.5) is 5.00 Å². The third kappa shape index (κ3) is 4.56. The van der Waals surface area contributed by atoms with E-state index in [4.69, 9.17) is 4.74 Å². The Kier molecular flexibility index (Phi) is 6.97. The summed E-state index contributed by atoms with van der Waals surface area (Å²) in [7, 11) is -2.15. The van der Waals surface area contributed by atoms with E-state index in [1.54, 1.807) is 28.4 Å². The number of carbonyl (C=O) groups excluding carboxylic acids is 1. The SMILES string of the molecule is CCOC(=O)c1c(NS(=O)(=O)c2ccc(-n3c(=O)c(C(C)C)c(C)n3C)cc2)sc2c1CCCC2. The molecule has 2 aromatic heterocycles. The van der Waals surface area contributed by atoms with Crippen LogP contribution in [0.15, 0.2) is 34.0 Å². The van der Waals surface area contributed by atoms with Crippen molar-refractivity contribution in [2.75, 3.05) is 11.3 Å². The molecule has 0 saturated heterocycles. The predicted molar refractivity (Wildman–Crippen MR) is 138 cm³/mol. The molecule has 0 amide bonds. The fourth-order valence-electron chi connectivity index (χ4n) is 4.69. The zero-order valence-electron chi connectivity index (χ0n) is 20.7. The van der Waals surface area contributed by atoms with Crippen molar-refractivity contribution in [1.29, 1.82) is 0 Å². The molecule has 0 saturated carbocycles. The summed E-state index contributed by atoms with van der Waals surface area (Å²) in [6.07, 6.45) is 3.53. The van der Waals surface area contributed by atoms with Crippen LogP contribution in [0.3, 0.4) is 0 Å². The van der Waals surface area contributed by atoms with Crippen LogP contribution in [0.2, 0.25) is 0 Å². The molecule has 8 nitrogen and oxygen atoms in total. The van der Waals surface area contributed by atoms with E-state index < -0.39 is 16.0 Å². The molecule has 1 aromatic carbocycles. The lowest BCUT2D eigenvalue weighted by Gasteiger charge is -2.13. The summed E-state index contributed by atoms with van der Waals surface area (Å²) in [6, 6.07) is 6.18. The van der Waals surface area contributed by atoms with Gasteiger partial charge in [-0.25, -0.2) is 17.9 Å². The van der Waals surface area contributed by atoms with Crippen molar-refractivity contribution in [1.82, 2.24) is 9.36 Å². The quantitative estimate of drug-likeness (QED) is 0.465. The molecule has 0 fully saturated rings. The Bertz CT molecular complexity index is 1430. The van der Waals surface area contributed by atoms with Crippen molar-refractivity contribution >= 4 is 32.3 Å². The first-order valence-electron chi connectivity index (χ1n) is 11.8. The standard InChI is InChI=1S/C25H31N3O5S2/c1-6-33-25(30)22-19-9-7-8-10-20(19)34-23(22)26-35(31,32)18-13-11-17(12-14-18)28-24(29)21(15(2)3)16(4)27(28)5/h11-15,26H,6-10H2,1-5H3. The summed E-state index contributed by atoms with van der Waals surface area (Å²) in [5, 5.41) is 0.301. The summed E-state index contributed by atoms with van der Waals surface area (Å²) in [4.78, 5) is 26.8. The van der Waals surface area contributed by atoms with Crippen LogP contribution < -0.4 is 10.3 Å². The number of fused-ring (bicyclic) bond motifs is 1. The van der Waals surface area contributed by atoms with Crippen LogP contribution in [0.25, 0.3) is 5.69 Å². The third-order valence-electron chi connectivity index (χ3n) is 6.44. The molecular weight excluding hydrogens is 486 g/mol. The highest BCUT2D eigenvalue weighted by atomic mass is 32.2. The molecule has 10 heteroatoms. The second kappa shape index (κ2) is 9.66. The Morgan fingerprint density at radius 3 is 2.43 bits per heavy atom. The van der Waals surface area contributed by atoms with Gasteiger partial charge >= 0.3 is 5.97 Å². The highest BCUT2D eigenvalue weighted by Gasteiger charge is 2.29. The van der Waals surface area contributed by atoms with Gasteiger partial charge in [-0.2, -0.15) is 0 Å². The second-order valence-corrected chi connectivity index (χ2v) is 11.8. The van der Waals surface area contributed by atoms with E-state index in [9.17, 15) is 18.0 Å². The monoisotopic (exact) mass is 517 g/mol. The Balaban J connectivity index is 1.68. The number of thiophene rings is 1. The van der Waals surface area contributed by atoms with Crippen LogP contribution in [-0.4, -0.2) is 30.4 Å². The van der Waals surface area contributed by atoms with Gasteiger partial charge in [0.25, 0.3) is 15.6 Å². The fraction of sp³-hybridized carbons (Fsp3) is 0.440. The van der Waals surface area contributed by atoms with Gasteiger partial charge in [0.15, 0.2) is 0 Å². The molecule has 0 atom stereocenters. The zero-order valence-corrected chi connectivity index (χ0v) is 22.3. The number of hydrogen-bond acceptors (Lipinski definition) is 6. The van der Waals surface area contributed by atoms with Gasteiger partial charge in [-0.05, 0) is 75.3 Å². The van der Waals surface area contributed by atoms with Crippen molar-refractivity contribution in [2.45, 2.75) is 64.2 Å². The number of benzene rings is 1. The smallest absolute Gasteiger partial charge is 0.341 e. The summed E-state index contributed by atoms with van der Waals surface area (Å²) in [6.45, 7) is 7.79. The molecule has 35 heavy (non-hydrogen) atoms. The maximum atomic E-state index is 13.2. The minimum atomic E-state index is -3.96. The van der Waals surface area contributed by atoms with Gasteiger partial charge < -0.3 is 4.74 Å². The van der Waals surface area contributed by atoms with Crippen molar-refractivity contribution < 1.29 is 17.9 Å². The van der Waals surface area contributed by atoms with Crippen LogP contribution in [0.1, 0.15) is 71.6 Å². The van der Waals surface area contributed by atoms with Crippen molar-refractivity contribution in [3.63, 3.8) is 0 Å². The largest absolute Gasteiger partial charge is 0.462 e. The van der Waals surface area contributed by atoms with E-state index in [-0.39, 0.29) is 23.0 Å². The lowest BCUT2D eigenvalue weighted by Crippen LogP contribution is -2.21. The number of carbonyl (C=O) groups is 1. The van der Waals surface area contributed by atoms with Crippen molar-refractivity contribution in [3.8, 4) is 5.69 Å². The fourth-order valence-corrected chi connectivity index (χ4v) is 7.27. The summed E-state index contributed by atoms with van der Waals surface area (Å²) >= 11 is 1.31. The van der Waals surface area contributed by atoms with Crippen LogP contribution in [0.5, 0.6) is 0 Å². The summed E-state index contributed by atoms with van der Waals surface area (Å²) < 4.78 is 37.7. The van der Waals surface area contributed by atoms with E-state index in [0.29, 0.717) is 16.3 Å². The second-order valence-electron chi connectivity index (χ2n) is 9.03. The number of sulfonamides is 1. The molecule has 0 bridgehead atoms. The number of nitrogens with zero attached hydrogens (tertiary/aromatic N) is 2. The molecular formula is C25H31N3O5S2. The van der Waals surface area contributed by atoms with Crippen molar-refractivity contribution in [3.05, 3.63) is 61.9 Å². The Morgan fingerprint density at radius 2 is 1.83 bits per heavy atom. The number of rotatable bonds is 7. The number of hydrogen-bond donors (Lipinski definition) is 1. The molecule has 3 aromatic rings. The van der Waals surface area contributed by atoms with Gasteiger partial charge in [0.2, 0.25) is 0 Å². The third-order valence-corrected chi connectivity index (χ3v) is 9.15. The van der Waals surface area contributed by atoms with E-state index >= 15 is 0 Å². The first-order chi connectivity index (χ1) is 16.6. The number of anilines is 1. The molecule has 188 valence electrons. The van der Waals surface area contributed by atoms with E-state index in [0.717, 1.165) is 47.4 Å². The van der Waals surface area contributed by atoms with Crippen LogP contribution >= 0.6 is 11.3 Å².